The summed E-state index contributed by atoms with van der Waals surface area (Å²) in [6.07, 6.45) is 3.43. The van der Waals surface area contributed by atoms with Crippen molar-refractivity contribution < 1.29 is 20.4 Å². The molecule has 0 heterocycles. The van der Waals surface area contributed by atoms with Crippen molar-refractivity contribution in [2.45, 2.75) is 76.4 Å². The summed E-state index contributed by atoms with van der Waals surface area (Å²) in [6.45, 7) is 1.62. The molecule has 0 spiro atoms. The van der Waals surface area contributed by atoms with Gasteiger partial charge in [-0.05, 0) is 18.8 Å². The van der Waals surface area contributed by atoms with Crippen LogP contribution < -0.4 is 5.73 Å². The second kappa shape index (κ2) is 8.17. The molecule has 6 N–H and O–H groups in total. The summed E-state index contributed by atoms with van der Waals surface area (Å²) in [5.74, 6) is 0.0676. The fourth-order valence-corrected chi connectivity index (χ4v) is 2.87. The van der Waals surface area contributed by atoms with Gasteiger partial charge in [0.05, 0.1) is 12.2 Å². The molecule has 4 atom stereocenters. The minimum absolute atomic E-state index is 0.136. The first-order valence-corrected chi connectivity index (χ1v) is 7.39. The summed E-state index contributed by atoms with van der Waals surface area (Å²) < 4.78 is 0. The molecule has 1 rings (SSSR count). The Balaban J connectivity index is 2.35. The van der Waals surface area contributed by atoms with Crippen molar-refractivity contribution >= 4 is 0 Å². The topological polar surface area (TPSA) is 107 Å². The number of rotatable bonds is 7. The van der Waals surface area contributed by atoms with Gasteiger partial charge in [0.1, 0.15) is 0 Å². The van der Waals surface area contributed by atoms with Gasteiger partial charge in [0.2, 0.25) is 0 Å². The fraction of sp³-hybridized carbons (Fsp3) is 1.00. The van der Waals surface area contributed by atoms with Crippen LogP contribution in [0.1, 0.15) is 51.9 Å². The molecule has 114 valence electrons. The zero-order valence-corrected chi connectivity index (χ0v) is 11.8. The van der Waals surface area contributed by atoms with Crippen molar-refractivity contribution in [3.63, 3.8) is 0 Å². The number of aliphatic hydroxyl groups is 4. The van der Waals surface area contributed by atoms with Crippen LogP contribution in [0.25, 0.3) is 0 Å². The first kappa shape index (κ1) is 16.9. The normalized spacial score (nSPS) is 24.2. The minimum atomic E-state index is -1.48. The molecule has 1 saturated carbocycles. The Kier molecular flexibility index (Phi) is 7.25. The van der Waals surface area contributed by atoms with E-state index in [2.05, 4.69) is 0 Å². The van der Waals surface area contributed by atoms with Crippen LogP contribution in [0.5, 0.6) is 0 Å². The predicted molar refractivity (Wildman–Crippen MR) is 73.2 cm³/mol. The zero-order valence-electron chi connectivity index (χ0n) is 11.8. The quantitative estimate of drug-likeness (QED) is 0.431. The number of nitrogens with two attached hydrogens (primary N) is 1. The van der Waals surface area contributed by atoms with Gasteiger partial charge in [-0.1, -0.05) is 39.0 Å². The summed E-state index contributed by atoms with van der Waals surface area (Å²) in [5.41, 5.74) is 5.97. The summed E-state index contributed by atoms with van der Waals surface area (Å²) in [4.78, 5) is 0. The van der Waals surface area contributed by atoms with E-state index in [1.54, 1.807) is 6.92 Å². The van der Waals surface area contributed by atoms with Crippen LogP contribution in [-0.4, -0.2) is 45.0 Å². The third-order valence-corrected chi connectivity index (χ3v) is 4.29. The zero-order chi connectivity index (χ0) is 14.4. The number of hydrogen-bond acceptors (Lipinski definition) is 5. The molecule has 1 aliphatic carbocycles. The van der Waals surface area contributed by atoms with Crippen molar-refractivity contribution in [3.8, 4) is 0 Å². The van der Waals surface area contributed by atoms with Gasteiger partial charge in [-0.3, -0.25) is 0 Å². The van der Waals surface area contributed by atoms with Crippen LogP contribution in [0.4, 0.5) is 0 Å². The van der Waals surface area contributed by atoms with E-state index in [1.165, 1.54) is 19.3 Å². The largest absolute Gasteiger partial charge is 0.390 e. The number of aliphatic hydroxyl groups excluding tert-OH is 3. The molecule has 1 fully saturated rings. The molecule has 19 heavy (non-hydrogen) atoms. The van der Waals surface area contributed by atoms with Crippen molar-refractivity contribution in [2.24, 2.45) is 17.6 Å². The second-order valence-electron chi connectivity index (χ2n) is 6.09. The maximum atomic E-state index is 10.0. The van der Waals surface area contributed by atoms with E-state index in [9.17, 15) is 10.2 Å². The smallest absolute Gasteiger partial charge is 0.154 e. The van der Waals surface area contributed by atoms with Crippen molar-refractivity contribution in [3.05, 3.63) is 0 Å². The van der Waals surface area contributed by atoms with Crippen LogP contribution in [0.3, 0.4) is 0 Å². The van der Waals surface area contributed by atoms with E-state index in [0.717, 1.165) is 19.3 Å². The summed E-state index contributed by atoms with van der Waals surface area (Å²) in [6, 6.07) is -0.443. The van der Waals surface area contributed by atoms with Crippen LogP contribution in [-0.2, 0) is 0 Å². The SMILES string of the molecule is CC(CC(O)C(O)C(N)CC1CCCCC1)C(O)O. The maximum absolute atomic E-state index is 10.0. The average molecular weight is 275 g/mol. The van der Waals surface area contributed by atoms with E-state index in [-0.39, 0.29) is 6.42 Å². The molecule has 0 aromatic carbocycles. The first-order chi connectivity index (χ1) is 8.91. The van der Waals surface area contributed by atoms with Crippen molar-refractivity contribution in [1.29, 1.82) is 0 Å². The van der Waals surface area contributed by atoms with Crippen molar-refractivity contribution in [2.75, 3.05) is 0 Å². The standard InChI is InChI=1S/C14H29NO4/c1-9(14(18)19)7-12(16)13(17)11(15)8-10-5-3-2-4-6-10/h9-14,16-19H,2-8,15H2,1H3. The Morgan fingerprint density at radius 2 is 1.63 bits per heavy atom. The Morgan fingerprint density at radius 1 is 1.05 bits per heavy atom. The average Bonchev–Trinajstić information content (AvgIpc) is 2.38. The van der Waals surface area contributed by atoms with E-state index in [0.29, 0.717) is 5.92 Å². The number of hydrogen-bond donors (Lipinski definition) is 5. The molecule has 0 amide bonds. The Labute approximate surface area is 115 Å². The molecule has 4 unspecified atom stereocenters. The highest BCUT2D eigenvalue weighted by atomic mass is 16.5. The lowest BCUT2D eigenvalue weighted by Gasteiger charge is -2.30. The lowest BCUT2D eigenvalue weighted by atomic mass is 9.82. The maximum Gasteiger partial charge on any atom is 0.154 e. The van der Waals surface area contributed by atoms with Gasteiger partial charge in [0.15, 0.2) is 6.29 Å². The van der Waals surface area contributed by atoms with Gasteiger partial charge in [0, 0.05) is 12.0 Å². The molecule has 0 bridgehead atoms. The third kappa shape index (κ3) is 5.75. The first-order valence-electron chi connectivity index (χ1n) is 7.39. The van der Waals surface area contributed by atoms with Crippen LogP contribution in [0.15, 0.2) is 0 Å². The fourth-order valence-electron chi connectivity index (χ4n) is 2.87. The molecule has 0 aliphatic heterocycles. The van der Waals surface area contributed by atoms with Gasteiger partial charge in [-0.15, -0.1) is 0 Å². The lowest BCUT2D eigenvalue weighted by Crippen LogP contribution is -2.45. The van der Waals surface area contributed by atoms with E-state index >= 15 is 0 Å². The molecule has 0 aromatic rings. The molecule has 5 nitrogen and oxygen atoms in total. The summed E-state index contributed by atoms with van der Waals surface area (Å²) in [5, 5.41) is 37.9. The predicted octanol–water partition coefficient (Wildman–Crippen LogP) is 0.343. The van der Waals surface area contributed by atoms with E-state index < -0.39 is 30.5 Å². The van der Waals surface area contributed by atoms with Crippen LogP contribution in [0, 0.1) is 11.8 Å². The Morgan fingerprint density at radius 3 is 2.16 bits per heavy atom. The molecule has 5 heteroatoms. The van der Waals surface area contributed by atoms with Gasteiger partial charge in [-0.25, -0.2) is 0 Å². The monoisotopic (exact) mass is 275 g/mol. The van der Waals surface area contributed by atoms with Gasteiger partial charge in [-0.2, -0.15) is 0 Å². The molecule has 0 aromatic heterocycles. The molecule has 1 aliphatic rings. The second-order valence-corrected chi connectivity index (χ2v) is 6.09. The summed E-state index contributed by atoms with van der Waals surface area (Å²) in [7, 11) is 0. The van der Waals surface area contributed by atoms with Crippen molar-refractivity contribution in [1.82, 2.24) is 0 Å². The van der Waals surface area contributed by atoms with Gasteiger partial charge >= 0.3 is 0 Å². The van der Waals surface area contributed by atoms with E-state index in [4.69, 9.17) is 15.9 Å². The van der Waals surface area contributed by atoms with Gasteiger partial charge in [0.25, 0.3) is 0 Å². The Hall–Kier alpha value is -0.200. The third-order valence-electron chi connectivity index (χ3n) is 4.29. The summed E-state index contributed by atoms with van der Waals surface area (Å²) >= 11 is 0. The minimum Gasteiger partial charge on any atom is -0.390 e. The highest BCUT2D eigenvalue weighted by Gasteiger charge is 2.28. The molecular formula is C14H29NO4. The highest BCUT2D eigenvalue weighted by molar-refractivity contribution is 4.83. The molecule has 0 radical (unpaired) electrons. The highest BCUT2D eigenvalue weighted by Crippen LogP contribution is 2.28. The van der Waals surface area contributed by atoms with Crippen LogP contribution >= 0.6 is 0 Å². The molecular weight excluding hydrogens is 246 g/mol. The Bertz CT molecular complexity index is 244. The lowest BCUT2D eigenvalue weighted by molar-refractivity contribution is -0.0997. The van der Waals surface area contributed by atoms with Gasteiger partial charge < -0.3 is 26.2 Å². The van der Waals surface area contributed by atoms with Crippen LogP contribution in [0.2, 0.25) is 0 Å². The molecule has 0 saturated heterocycles. The van der Waals surface area contributed by atoms with E-state index in [1.807, 2.05) is 0 Å².